The van der Waals surface area contributed by atoms with Gasteiger partial charge in [-0.1, -0.05) is 18.2 Å². The smallest absolute Gasteiger partial charge is 0.387 e. The third-order valence-corrected chi connectivity index (χ3v) is 3.89. The van der Waals surface area contributed by atoms with Crippen LogP contribution in [0.15, 0.2) is 24.3 Å². The number of halogens is 2. The van der Waals surface area contributed by atoms with Crippen molar-refractivity contribution in [3.63, 3.8) is 0 Å². The van der Waals surface area contributed by atoms with Crippen molar-refractivity contribution in [2.45, 2.75) is 38.0 Å². The largest absolute Gasteiger partial charge is 0.434 e. The van der Waals surface area contributed by atoms with Crippen LogP contribution in [-0.2, 0) is 6.54 Å². The predicted molar refractivity (Wildman–Crippen MR) is 74.2 cm³/mol. The van der Waals surface area contributed by atoms with Crippen molar-refractivity contribution in [3.05, 3.63) is 29.8 Å². The maximum absolute atomic E-state index is 12.4. The molecule has 2 rings (SSSR count). The number of ether oxygens (including phenoxy) is 1. The van der Waals surface area contributed by atoms with Crippen molar-refractivity contribution in [1.82, 2.24) is 4.90 Å². The van der Waals surface area contributed by atoms with Crippen molar-refractivity contribution in [2.75, 3.05) is 19.7 Å². The molecule has 1 aromatic rings. The third kappa shape index (κ3) is 4.62. The van der Waals surface area contributed by atoms with Crippen LogP contribution in [0, 0.1) is 0 Å². The Kier molecular flexibility index (Phi) is 5.50. The molecule has 1 saturated heterocycles. The highest BCUT2D eigenvalue weighted by Gasteiger charge is 2.29. The van der Waals surface area contributed by atoms with Crippen molar-refractivity contribution in [1.29, 1.82) is 0 Å². The van der Waals surface area contributed by atoms with Crippen molar-refractivity contribution < 1.29 is 23.7 Å². The standard InChI is InChI=1S/C15H21F2NO3/c16-14(17)21-13-5-2-1-4-12(13)10-18-8-3-6-15(20,11-19)7-9-18/h1-2,4-5,14,19-20H,3,6-11H2/t15-/m0/s1. The van der Waals surface area contributed by atoms with E-state index in [1.165, 1.54) is 6.07 Å². The van der Waals surface area contributed by atoms with Crippen LogP contribution < -0.4 is 4.74 Å². The number of aliphatic hydroxyl groups is 2. The SMILES string of the molecule is OC[C@]1(O)CCCN(Cc2ccccc2OC(F)F)CC1. The minimum Gasteiger partial charge on any atom is -0.434 e. The maximum Gasteiger partial charge on any atom is 0.387 e. The molecule has 1 aliphatic heterocycles. The number of para-hydroxylation sites is 1. The summed E-state index contributed by atoms with van der Waals surface area (Å²) >= 11 is 0. The zero-order chi connectivity index (χ0) is 15.3. The van der Waals surface area contributed by atoms with Crippen LogP contribution in [0.5, 0.6) is 5.75 Å². The molecule has 1 atom stereocenters. The molecule has 1 fully saturated rings. The van der Waals surface area contributed by atoms with Gasteiger partial charge < -0.3 is 14.9 Å². The first-order valence-electron chi connectivity index (χ1n) is 7.11. The molecule has 4 nitrogen and oxygen atoms in total. The van der Waals surface area contributed by atoms with Gasteiger partial charge in [0.1, 0.15) is 5.75 Å². The number of alkyl halides is 2. The molecule has 1 aliphatic rings. The average Bonchev–Trinajstić information content (AvgIpc) is 2.64. The van der Waals surface area contributed by atoms with Gasteiger partial charge in [-0.3, -0.25) is 4.90 Å². The first-order chi connectivity index (χ1) is 10.0. The van der Waals surface area contributed by atoms with Crippen LogP contribution >= 0.6 is 0 Å². The molecule has 6 heteroatoms. The Morgan fingerprint density at radius 1 is 1.24 bits per heavy atom. The fourth-order valence-corrected chi connectivity index (χ4v) is 2.64. The van der Waals surface area contributed by atoms with Crippen molar-refractivity contribution in [2.24, 2.45) is 0 Å². The Hall–Kier alpha value is -1.24. The molecule has 1 aromatic carbocycles. The van der Waals surface area contributed by atoms with Crippen LogP contribution in [0.1, 0.15) is 24.8 Å². The monoisotopic (exact) mass is 301 g/mol. The molecule has 0 amide bonds. The van der Waals surface area contributed by atoms with Gasteiger partial charge in [-0.05, 0) is 31.9 Å². The van der Waals surface area contributed by atoms with Crippen LogP contribution in [0.25, 0.3) is 0 Å². The number of nitrogens with zero attached hydrogens (tertiary/aromatic N) is 1. The van der Waals surface area contributed by atoms with Gasteiger partial charge in [-0.25, -0.2) is 0 Å². The summed E-state index contributed by atoms with van der Waals surface area (Å²) in [6.45, 7) is -1.23. The molecular weight excluding hydrogens is 280 g/mol. The van der Waals surface area contributed by atoms with Crippen molar-refractivity contribution in [3.8, 4) is 5.75 Å². The van der Waals surface area contributed by atoms with E-state index in [0.29, 0.717) is 31.5 Å². The second-order valence-electron chi connectivity index (χ2n) is 5.50. The molecule has 21 heavy (non-hydrogen) atoms. The van der Waals surface area contributed by atoms with Gasteiger partial charge in [0.05, 0.1) is 12.2 Å². The summed E-state index contributed by atoms with van der Waals surface area (Å²) < 4.78 is 29.3. The summed E-state index contributed by atoms with van der Waals surface area (Å²) in [5.74, 6) is 0.189. The highest BCUT2D eigenvalue weighted by molar-refractivity contribution is 5.33. The van der Waals surface area contributed by atoms with E-state index in [9.17, 15) is 19.0 Å². The molecule has 0 spiro atoms. The van der Waals surface area contributed by atoms with Gasteiger partial charge in [0, 0.05) is 18.7 Å². The minimum atomic E-state index is -2.84. The zero-order valence-corrected chi connectivity index (χ0v) is 11.8. The number of aliphatic hydroxyl groups excluding tert-OH is 1. The highest BCUT2D eigenvalue weighted by Crippen LogP contribution is 2.26. The molecule has 118 valence electrons. The van der Waals surface area contributed by atoms with Gasteiger partial charge in [0.25, 0.3) is 0 Å². The quantitative estimate of drug-likeness (QED) is 0.873. The number of hydrogen-bond donors (Lipinski definition) is 2. The average molecular weight is 301 g/mol. The second kappa shape index (κ2) is 7.15. The molecule has 0 aliphatic carbocycles. The van der Waals surface area contributed by atoms with E-state index in [4.69, 9.17) is 0 Å². The fourth-order valence-electron chi connectivity index (χ4n) is 2.64. The summed E-state index contributed by atoms with van der Waals surface area (Å²) in [6, 6.07) is 6.74. The third-order valence-electron chi connectivity index (χ3n) is 3.89. The maximum atomic E-state index is 12.4. The molecule has 0 radical (unpaired) electrons. The van der Waals surface area contributed by atoms with Crippen LogP contribution in [0.3, 0.4) is 0 Å². The highest BCUT2D eigenvalue weighted by atomic mass is 19.3. The Labute approximate surface area is 123 Å². The molecule has 0 aromatic heterocycles. The van der Waals surface area contributed by atoms with Gasteiger partial charge >= 0.3 is 6.61 Å². The second-order valence-corrected chi connectivity index (χ2v) is 5.50. The predicted octanol–water partition coefficient (Wildman–Crippen LogP) is 2.00. The fraction of sp³-hybridized carbons (Fsp3) is 0.600. The van der Waals surface area contributed by atoms with Crippen LogP contribution in [0.2, 0.25) is 0 Å². The van der Waals surface area contributed by atoms with Gasteiger partial charge in [0.2, 0.25) is 0 Å². The minimum absolute atomic E-state index is 0.189. The lowest BCUT2D eigenvalue weighted by molar-refractivity contribution is -0.0508. The summed E-state index contributed by atoms with van der Waals surface area (Å²) in [5.41, 5.74) is -0.319. The van der Waals surface area contributed by atoms with E-state index in [1.807, 2.05) is 0 Å². The first kappa shape index (κ1) is 16.1. The lowest BCUT2D eigenvalue weighted by Crippen LogP contribution is -2.34. The Morgan fingerprint density at radius 2 is 2.00 bits per heavy atom. The van der Waals surface area contributed by atoms with Gasteiger partial charge in [-0.15, -0.1) is 0 Å². The Bertz CT molecular complexity index is 458. The van der Waals surface area contributed by atoms with E-state index in [2.05, 4.69) is 9.64 Å². The normalized spacial score (nSPS) is 24.0. The summed E-state index contributed by atoms with van der Waals surface area (Å²) in [5, 5.41) is 19.3. The van der Waals surface area contributed by atoms with E-state index in [0.717, 1.165) is 13.0 Å². The van der Waals surface area contributed by atoms with Crippen LogP contribution in [-0.4, -0.2) is 47.0 Å². The lowest BCUT2D eigenvalue weighted by atomic mass is 9.96. The number of rotatable bonds is 5. The molecular formula is C15H21F2NO3. The summed E-state index contributed by atoms with van der Waals surface area (Å²) in [4.78, 5) is 2.08. The molecule has 2 N–H and O–H groups in total. The number of hydrogen-bond acceptors (Lipinski definition) is 4. The zero-order valence-electron chi connectivity index (χ0n) is 11.8. The molecule has 1 heterocycles. The summed E-state index contributed by atoms with van der Waals surface area (Å²) in [6.07, 6.45) is 1.78. The van der Waals surface area contributed by atoms with E-state index >= 15 is 0 Å². The molecule has 0 unspecified atom stereocenters. The Morgan fingerprint density at radius 3 is 2.71 bits per heavy atom. The van der Waals surface area contributed by atoms with E-state index in [-0.39, 0.29) is 12.4 Å². The van der Waals surface area contributed by atoms with Crippen LogP contribution in [0.4, 0.5) is 8.78 Å². The number of benzene rings is 1. The molecule has 0 saturated carbocycles. The first-order valence-corrected chi connectivity index (χ1v) is 7.11. The lowest BCUT2D eigenvalue weighted by Gasteiger charge is -2.24. The summed E-state index contributed by atoms with van der Waals surface area (Å²) in [7, 11) is 0. The van der Waals surface area contributed by atoms with Gasteiger partial charge in [0.15, 0.2) is 0 Å². The molecule has 0 bridgehead atoms. The number of likely N-dealkylation sites (tertiary alicyclic amines) is 1. The topological polar surface area (TPSA) is 52.9 Å². The van der Waals surface area contributed by atoms with Gasteiger partial charge in [-0.2, -0.15) is 8.78 Å². The van der Waals surface area contributed by atoms with E-state index in [1.54, 1.807) is 18.2 Å². The Balaban J connectivity index is 2.01. The van der Waals surface area contributed by atoms with E-state index < -0.39 is 12.2 Å². The van der Waals surface area contributed by atoms with Crippen molar-refractivity contribution >= 4 is 0 Å².